The number of amides is 4. The van der Waals surface area contributed by atoms with Crippen LogP contribution >= 0.6 is 0 Å². The number of carbonyl (C=O) groups is 3. The van der Waals surface area contributed by atoms with Gasteiger partial charge in [0.2, 0.25) is 5.91 Å². The van der Waals surface area contributed by atoms with Gasteiger partial charge < -0.3 is 35.0 Å². The molecule has 1 aliphatic heterocycles. The summed E-state index contributed by atoms with van der Waals surface area (Å²) >= 11 is 0. The third-order valence-electron chi connectivity index (χ3n) is 8.51. The van der Waals surface area contributed by atoms with Crippen molar-refractivity contribution < 1.29 is 29.0 Å². The molecule has 1 heterocycles. The summed E-state index contributed by atoms with van der Waals surface area (Å²) in [6, 6.07) is 4.21. The van der Waals surface area contributed by atoms with Crippen LogP contribution in [-0.2, 0) is 9.53 Å². The number of benzene rings is 1. The maximum absolute atomic E-state index is 14.2. The highest BCUT2D eigenvalue weighted by Gasteiger charge is 2.32. The quantitative estimate of drug-likeness (QED) is 0.402. The first-order valence-corrected chi connectivity index (χ1v) is 16.2. The van der Waals surface area contributed by atoms with Crippen LogP contribution in [0.15, 0.2) is 18.2 Å². The number of nitrogens with one attached hydrogen (secondary N) is 2. The Morgan fingerprint density at radius 1 is 1.07 bits per heavy atom. The first-order chi connectivity index (χ1) is 20.5. The van der Waals surface area contributed by atoms with E-state index in [1.54, 1.807) is 23.1 Å². The van der Waals surface area contributed by atoms with E-state index in [1.165, 1.54) is 6.42 Å². The van der Waals surface area contributed by atoms with Crippen molar-refractivity contribution in [3.63, 3.8) is 0 Å². The van der Waals surface area contributed by atoms with Gasteiger partial charge in [-0.25, -0.2) is 4.79 Å². The van der Waals surface area contributed by atoms with Gasteiger partial charge in [-0.1, -0.05) is 26.2 Å². The van der Waals surface area contributed by atoms with Crippen molar-refractivity contribution in [1.29, 1.82) is 0 Å². The molecule has 3 rings (SSSR count). The summed E-state index contributed by atoms with van der Waals surface area (Å²) in [4.78, 5) is 43.4. The number of hydrogen-bond acceptors (Lipinski definition) is 6. The van der Waals surface area contributed by atoms with Gasteiger partial charge >= 0.3 is 6.03 Å². The van der Waals surface area contributed by atoms with E-state index in [0.29, 0.717) is 36.7 Å². The van der Waals surface area contributed by atoms with Gasteiger partial charge in [0.1, 0.15) is 5.75 Å². The highest BCUT2D eigenvalue weighted by Crippen LogP contribution is 2.29. The van der Waals surface area contributed by atoms with Crippen molar-refractivity contribution in [2.75, 3.05) is 38.7 Å². The molecule has 0 spiro atoms. The fourth-order valence-electron chi connectivity index (χ4n) is 5.91. The lowest BCUT2D eigenvalue weighted by atomic mass is 9.88. The van der Waals surface area contributed by atoms with Gasteiger partial charge in [-0.3, -0.25) is 9.59 Å². The van der Waals surface area contributed by atoms with E-state index in [2.05, 4.69) is 10.6 Å². The number of rotatable bonds is 7. The standard InChI is InChI=1S/C33H54N4O6/c1-22(2)34-33(41)35-27-15-16-29-28(18-27)32(40)37(24(4)21-38)19-23(3)30(42-17-11-10-12-25(5)43-29)20-36(6)31(39)26-13-8-7-9-14-26/h15-16,18,22-26,30,38H,7-14,17,19-21H2,1-6H3,(H2,34,35,41)/t23-,24+,25-,30+/m1/s1. The number of hydrogen-bond donors (Lipinski definition) is 3. The van der Waals surface area contributed by atoms with Gasteiger partial charge in [-0.2, -0.15) is 0 Å². The van der Waals surface area contributed by atoms with Crippen LogP contribution in [-0.4, -0.2) is 90.4 Å². The number of likely N-dealkylation sites (N-methyl/N-ethyl adjacent to an activating group) is 1. The molecule has 4 amide bonds. The van der Waals surface area contributed by atoms with Crippen molar-refractivity contribution in [3.8, 4) is 5.75 Å². The van der Waals surface area contributed by atoms with Crippen molar-refractivity contribution in [2.24, 2.45) is 11.8 Å². The van der Waals surface area contributed by atoms with Crippen molar-refractivity contribution in [2.45, 2.75) is 110 Å². The molecular formula is C33H54N4O6. The number of urea groups is 1. The van der Waals surface area contributed by atoms with Crippen LogP contribution in [0.4, 0.5) is 10.5 Å². The van der Waals surface area contributed by atoms with Gasteiger partial charge in [0.25, 0.3) is 5.91 Å². The molecule has 0 aromatic heterocycles. The Bertz CT molecular complexity index is 1060. The fourth-order valence-corrected chi connectivity index (χ4v) is 5.91. The Balaban J connectivity index is 1.90. The average molecular weight is 603 g/mol. The van der Waals surface area contributed by atoms with Crippen molar-refractivity contribution in [3.05, 3.63) is 23.8 Å². The molecule has 0 saturated heterocycles. The number of aliphatic hydroxyl groups excluding tert-OH is 1. The minimum Gasteiger partial charge on any atom is -0.490 e. The molecule has 10 nitrogen and oxygen atoms in total. The summed E-state index contributed by atoms with van der Waals surface area (Å²) < 4.78 is 12.7. The first kappa shape index (κ1) is 34.6. The zero-order chi connectivity index (χ0) is 31.5. The predicted octanol–water partition coefficient (Wildman–Crippen LogP) is 5.05. The van der Waals surface area contributed by atoms with Gasteiger partial charge in [0.05, 0.1) is 30.4 Å². The maximum Gasteiger partial charge on any atom is 0.319 e. The van der Waals surface area contributed by atoms with E-state index in [1.807, 2.05) is 46.6 Å². The monoisotopic (exact) mass is 602 g/mol. The third-order valence-corrected chi connectivity index (χ3v) is 8.51. The lowest BCUT2D eigenvalue weighted by Crippen LogP contribution is -2.48. The second-order valence-corrected chi connectivity index (χ2v) is 12.8. The van der Waals surface area contributed by atoms with E-state index in [9.17, 15) is 19.5 Å². The highest BCUT2D eigenvalue weighted by molar-refractivity contribution is 5.99. The molecule has 10 heteroatoms. The number of anilines is 1. The SMILES string of the molecule is CC(C)NC(=O)Nc1ccc2c(c1)C(=O)N([C@@H](C)CO)C[C@@H](C)[C@H](CN(C)C(=O)C1CCCCC1)OCCCC[C@@H](C)O2. The second-order valence-electron chi connectivity index (χ2n) is 12.8. The summed E-state index contributed by atoms with van der Waals surface area (Å²) in [5.41, 5.74) is 0.789. The Kier molecular flexibility index (Phi) is 13.6. The van der Waals surface area contributed by atoms with E-state index in [-0.39, 0.29) is 54.5 Å². The van der Waals surface area contributed by atoms with E-state index < -0.39 is 6.04 Å². The van der Waals surface area contributed by atoms with E-state index in [4.69, 9.17) is 9.47 Å². The number of carbonyl (C=O) groups excluding carboxylic acids is 3. The molecule has 1 saturated carbocycles. The zero-order valence-corrected chi connectivity index (χ0v) is 27.1. The van der Waals surface area contributed by atoms with Crippen LogP contribution in [0.3, 0.4) is 0 Å². The molecule has 1 fully saturated rings. The van der Waals surface area contributed by atoms with Crippen LogP contribution < -0.4 is 15.4 Å². The first-order valence-electron chi connectivity index (χ1n) is 16.2. The summed E-state index contributed by atoms with van der Waals surface area (Å²) in [7, 11) is 1.86. The minimum atomic E-state index is -0.476. The zero-order valence-electron chi connectivity index (χ0n) is 27.1. The molecule has 3 N–H and O–H groups in total. The van der Waals surface area contributed by atoms with Crippen LogP contribution in [0.5, 0.6) is 5.75 Å². The number of ether oxygens (including phenoxy) is 2. The summed E-state index contributed by atoms with van der Waals surface area (Å²) in [6.07, 6.45) is 7.38. The van der Waals surface area contributed by atoms with Crippen LogP contribution in [0.25, 0.3) is 0 Å². The Labute approximate surface area is 257 Å². The average Bonchev–Trinajstić information content (AvgIpc) is 2.98. The Morgan fingerprint density at radius 2 is 1.77 bits per heavy atom. The number of fused-ring (bicyclic) bond motifs is 1. The molecule has 0 radical (unpaired) electrons. The largest absolute Gasteiger partial charge is 0.490 e. The third kappa shape index (κ3) is 10.4. The normalized spacial score (nSPS) is 23.5. The molecular weight excluding hydrogens is 548 g/mol. The summed E-state index contributed by atoms with van der Waals surface area (Å²) in [6.45, 7) is 10.7. The molecule has 4 atom stereocenters. The molecule has 1 aromatic rings. The fraction of sp³-hybridized carbons (Fsp3) is 0.727. The Hall–Kier alpha value is -2.85. The number of aliphatic hydroxyl groups is 1. The van der Waals surface area contributed by atoms with Gasteiger partial charge in [0, 0.05) is 50.3 Å². The van der Waals surface area contributed by atoms with Gasteiger partial charge in [-0.15, -0.1) is 0 Å². The molecule has 43 heavy (non-hydrogen) atoms. The van der Waals surface area contributed by atoms with Crippen LogP contribution in [0, 0.1) is 11.8 Å². The van der Waals surface area contributed by atoms with Crippen LogP contribution in [0.2, 0.25) is 0 Å². The van der Waals surface area contributed by atoms with Crippen LogP contribution in [0.1, 0.15) is 96.3 Å². The minimum absolute atomic E-state index is 0.0438. The van der Waals surface area contributed by atoms with Crippen molar-refractivity contribution >= 4 is 23.5 Å². The van der Waals surface area contributed by atoms with Crippen molar-refractivity contribution in [1.82, 2.24) is 15.1 Å². The number of nitrogens with zero attached hydrogens (tertiary/aromatic N) is 2. The predicted molar refractivity (Wildman–Crippen MR) is 168 cm³/mol. The molecule has 0 unspecified atom stereocenters. The molecule has 2 aliphatic rings. The molecule has 0 bridgehead atoms. The second kappa shape index (κ2) is 16.9. The topological polar surface area (TPSA) is 120 Å². The smallest absolute Gasteiger partial charge is 0.319 e. The van der Waals surface area contributed by atoms with Gasteiger partial charge in [0.15, 0.2) is 0 Å². The van der Waals surface area contributed by atoms with E-state index in [0.717, 1.165) is 44.9 Å². The Morgan fingerprint density at radius 3 is 2.44 bits per heavy atom. The molecule has 1 aliphatic carbocycles. The summed E-state index contributed by atoms with van der Waals surface area (Å²) in [5.74, 6) is 0.268. The lowest BCUT2D eigenvalue weighted by molar-refractivity contribution is -0.137. The highest BCUT2D eigenvalue weighted by atomic mass is 16.5. The summed E-state index contributed by atoms with van der Waals surface area (Å²) in [5, 5.41) is 15.8. The van der Waals surface area contributed by atoms with Gasteiger partial charge in [-0.05, 0) is 78.0 Å². The van der Waals surface area contributed by atoms with E-state index >= 15 is 0 Å². The maximum atomic E-state index is 14.2. The molecule has 1 aromatic carbocycles. The molecule has 242 valence electrons. The lowest BCUT2D eigenvalue weighted by Gasteiger charge is -2.36.